The first-order valence-corrected chi connectivity index (χ1v) is 10.3. The molecule has 4 heteroatoms. The summed E-state index contributed by atoms with van der Waals surface area (Å²) >= 11 is 0. The van der Waals surface area contributed by atoms with E-state index in [1.807, 2.05) is 18.2 Å². The van der Waals surface area contributed by atoms with Crippen LogP contribution in [-0.2, 0) is 4.79 Å². The van der Waals surface area contributed by atoms with Crippen LogP contribution in [0, 0.1) is 5.41 Å². The topological polar surface area (TPSA) is 58.6 Å². The predicted octanol–water partition coefficient (Wildman–Crippen LogP) is 5.75. The lowest BCUT2D eigenvalue weighted by atomic mass is 9.68. The van der Waals surface area contributed by atoms with E-state index < -0.39 is 0 Å². The lowest BCUT2D eigenvalue weighted by Gasteiger charge is -2.40. The van der Waals surface area contributed by atoms with Gasteiger partial charge in [-0.25, -0.2) is 0 Å². The van der Waals surface area contributed by atoms with E-state index in [-0.39, 0.29) is 22.9 Å². The van der Waals surface area contributed by atoms with Crippen molar-refractivity contribution in [2.45, 2.75) is 32.6 Å². The fourth-order valence-electron chi connectivity index (χ4n) is 5.02. The molecule has 30 heavy (non-hydrogen) atoms. The number of carbonyl (C=O) groups is 1. The molecule has 2 N–H and O–H groups in total. The fraction of sp³-hybridized carbons (Fsp3) is 0.269. The van der Waals surface area contributed by atoms with Crippen molar-refractivity contribution in [2.24, 2.45) is 5.41 Å². The third kappa shape index (κ3) is 2.86. The number of ketones is 1. The average molecular weight is 399 g/mol. The number of hydrogen-bond acceptors (Lipinski definition) is 4. The lowest BCUT2D eigenvalue weighted by molar-refractivity contribution is -0.118. The molecule has 3 aromatic carbocycles. The van der Waals surface area contributed by atoms with E-state index in [0.717, 1.165) is 45.3 Å². The molecule has 3 aromatic rings. The van der Waals surface area contributed by atoms with Crippen molar-refractivity contribution in [2.75, 3.05) is 12.4 Å². The van der Waals surface area contributed by atoms with E-state index >= 15 is 0 Å². The smallest absolute Gasteiger partial charge is 0.162 e. The third-order valence-corrected chi connectivity index (χ3v) is 6.29. The van der Waals surface area contributed by atoms with Crippen LogP contribution in [0.15, 0.2) is 65.9 Å². The van der Waals surface area contributed by atoms with Crippen LogP contribution in [0.25, 0.3) is 10.8 Å². The molecule has 1 aliphatic heterocycles. The Morgan fingerprint density at radius 3 is 2.63 bits per heavy atom. The molecule has 0 bridgehead atoms. The first kappa shape index (κ1) is 18.7. The van der Waals surface area contributed by atoms with Gasteiger partial charge >= 0.3 is 0 Å². The number of hydrogen-bond donors (Lipinski definition) is 2. The molecular weight excluding hydrogens is 374 g/mol. The molecule has 1 atom stereocenters. The highest BCUT2D eigenvalue weighted by atomic mass is 16.5. The second-order valence-corrected chi connectivity index (χ2v) is 9.07. The highest BCUT2D eigenvalue weighted by molar-refractivity contribution is 6.04. The van der Waals surface area contributed by atoms with Gasteiger partial charge in [0.25, 0.3) is 0 Å². The van der Waals surface area contributed by atoms with Gasteiger partial charge in [-0.2, -0.15) is 0 Å². The van der Waals surface area contributed by atoms with E-state index in [1.54, 1.807) is 12.1 Å². The van der Waals surface area contributed by atoms with Crippen LogP contribution in [0.5, 0.6) is 11.5 Å². The van der Waals surface area contributed by atoms with Crippen molar-refractivity contribution in [1.82, 2.24) is 0 Å². The Kier molecular flexibility index (Phi) is 4.14. The normalized spacial score (nSPS) is 19.8. The maximum absolute atomic E-state index is 13.4. The minimum absolute atomic E-state index is 0.0795. The molecule has 4 nitrogen and oxygen atoms in total. The molecule has 0 saturated heterocycles. The first-order chi connectivity index (χ1) is 14.4. The van der Waals surface area contributed by atoms with Gasteiger partial charge in [0, 0.05) is 29.3 Å². The van der Waals surface area contributed by atoms with Crippen LogP contribution in [-0.4, -0.2) is 18.0 Å². The summed E-state index contributed by atoms with van der Waals surface area (Å²) in [6.45, 7) is 4.28. The molecule has 2 aliphatic rings. The molecule has 1 heterocycles. The van der Waals surface area contributed by atoms with Gasteiger partial charge in [0.1, 0.15) is 0 Å². The highest BCUT2D eigenvalue weighted by Crippen LogP contribution is 2.51. The number of ether oxygens (including phenoxy) is 1. The number of Topliss-reactive ketones (excluding diaryl/α,β-unsaturated/α-hetero) is 1. The summed E-state index contributed by atoms with van der Waals surface area (Å²) < 4.78 is 5.24. The van der Waals surface area contributed by atoms with Gasteiger partial charge in [-0.05, 0) is 51.9 Å². The molecule has 5 rings (SSSR count). The van der Waals surface area contributed by atoms with E-state index in [4.69, 9.17) is 4.74 Å². The Bertz CT molecular complexity index is 1220. The van der Waals surface area contributed by atoms with Crippen LogP contribution in [0.1, 0.15) is 43.7 Å². The number of rotatable bonds is 2. The fourth-order valence-corrected chi connectivity index (χ4v) is 5.02. The van der Waals surface area contributed by atoms with Gasteiger partial charge in [-0.15, -0.1) is 0 Å². The lowest BCUT2D eigenvalue weighted by Crippen LogP contribution is -2.33. The van der Waals surface area contributed by atoms with Crippen molar-refractivity contribution >= 4 is 22.2 Å². The molecule has 0 saturated carbocycles. The first-order valence-electron chi connectivity index (χ1n) is 10.3. The number of anilines is 1. The number of aromatic hydroxyl groups is 1. The number of nitrogens with one attached hydrogen (secondary N) is 1. The summed E-state index contributed by atoms with van der Waals surface area (Å²) in [6.07, 6.45) is 1.34. The van der Waals surface area contributed by atoms with Crippen molar-refractivity contribution in [3.63, 3.8) is 0 Å². The summed E-state index contributed by atoms with van der Waals surface area (Å²) in [5, 5.41) is 16.3. The van der Waals surface area contributed by atoms with Crippen molar-refractivity contribution in [1.29, 1.82) is 0 Å². The minimum Gasteiger partial charge on any atom is -0.504 e. The van der Waals surface area contributed by atoms with E-state index in [2.05, 4.69) is 43.4 Å². The van der Waals surface area contributed by atoms with Crippen molar-refractivity contribution < 1.29 is 14.6 Å². The van der Waals surface area contributed by atoms with Crippen LogP contribution < -0.4 is 10.1 Å². The number of phenols is 1. The van der Waals surface area contributed by atoms with Crippen LogP contribution in [0.3, 0.4) is 0 Å². The summed E-state index contributed by atoms with van der Waals surface area (Å²) in [6, 6.07) is 17.9. The van der Waals surface area contributed by atoms with Gasteiger partial charge in [-0.1, -0.05) is 50.2 Å². The Morgan fingerprint density at radius 2 is 1.87 bits per heavy atom. The molecule has 1 aliphatic carbocycles. The van der Waals surface area contributed by atoms with Crippen LogP contribution in [0.4, 0.5) is 5.69 Å². The van der Waals surface area contributed by atoms with Gasteiger partial charge in [0.2, 0.25) is 0 Å². The standard InChI is InChI=1S/C26H25NO3/c1-26(2)13-19-25(21(29)14-26)23(16-9-11-22(30-3)20(28)12-16)24-17-7-5-4-6-15(17)8-10-18(24)27-19/h4-12,23,27-28H,13-14H2,1-3H3. The maximum Gasteiger partial charge on any atom is 0.162 e. The number of fused-ring (bicyclic) bond motifs is 3. The van der Waals surface area contributed by atoms with E-state index in [1.165, 1.54) is 7.11 Å². The SMILES string of the molecule is COc1ccc(C2C3=C(CC(C)(C)CC3=O)Nc3ccc4ccccc4c32)cc1O. The molecule has 0 fully saturated rings. The van der Waals surface area contributed by atoms with Crippen LogP contribution >= 0.6 is 0 Å². The Morgan fingerprint density at radius 1 is 1.07 bits per heavy atom. The maximum atomic E-state index is 13.4. The summed E-state index contributed by atoms with van der Waals surface area (Å²) in [5.74, 6) is 0.451. The Hall–Kier alpha value is -3.27. The molecule has 0 radical (unpaired) electrons. The van der Waals surface area contributed by atoms with E-state index in [0.29, 0.717) is 12.2 Å². The van der Waals surface area contributed by atoms with Gasteiger partial charge < -0.3 is 15.2 Å². The summed E-state index contributed by atoms with van der Waals surface area (Å²) in [4.78, 5) is 13.4. The molecule has 0 spiro atoms. The third-order valence-electron chi connectivity index (χ3n) is 6.29. The minimum atomic E-state index is -0.234. The second kappa shape index (κ2) is 6.63. The van der Waals surface area contributed by atoms with Gasteiger partial charge in [-0.3, -0.25) is 4.79 Å². The molecule has 0 aromatic heterocycles. The zero-order chi connectivity index (χ0) is 21.0. The summed E-state index contributed by atoms with van der Waals surface area (Å²) in [7, 11) is 1.54. The second-order valence-electron chi connectivity index (χ2n) is 9.07. The van der Waals surface area contributed by atoms with Crippen LogP contribution in [0.2, 0.25) is 0 Å². The quantitative estimate of drug-likeness (QED) is 0.576. The molecule has 0 amide bonds. The zero-order valence-corrected chi connectivity index (χ0v) is 17.5. The molecule has 1 unspecified atom stereocenters. The van der Waals surface area contributed by atoms with Gasteiger partial charge in [0.15, 0.2) is 17.3 Å². The number of carbonyl (C=O) groups excluding carboxylic acids is 1. The highest BCUT2D eigenvalue weighted by Gasteiger charge is 2.41. The zero-order valence-electron chi connectivity index (χ0n) is 17.5. The molecule has 152 valence electrons. The molecular formula is C26H25NO3. The Labute approximate surface area is 176 Å². The van der Waals surface area contributed by atoms with Crippen molar-refractivity contribution in [3.05, 3.63) is 77.0 Å². The number of benzene rings is 3. The number of phenolic OH excluding ortho intramolecular Hbond substituents is 1. The number of methoxy groups -OCH3 is 1. The largest absolute Gasteiger partial charge is 0.504 e. The predicted molar refractivity (Wildman–Crippen MR) is 119 cm³/mol. The van der Waals surface area contributed by atoms with Crippen molar-refractivity contribution in [3.8, 4) is 11.5 Å². The van der Waals surface area contributed by atoms with Gasteiger partial charge in [0.05, 0.1) is 7.11 Å². The Balaban J connectivity index is 1.80. The number of allylic oxidation sites excluding steroid dienone is 2. The summed E-state index contributed by atoms with van der Waals surface area (Å²) in [5.41, 5.74) is 4.75. The van der Waals surface area contributed by atoms with E-state index in [9.17, 15) is 9.90 Å². The average Bonchev–Trinajstić information content (AvgIpc) is 2.71. The monoisotopic (exact) mass is 399 g/mol.